The van der Waals surface area contributed by atoms with E-state index in [1.165, 1.54) is 0 Å². The number of hydrogen-bond donors (Lipinski definition) is 2. The fourth-order valence-corrected chi connectivity index (χ4v) is 2.31. The van der Waals surface area contributed by atoms with Gasteiger partial charge in [0.25, 0.3) is 5.91 Å². The smallest absolute Gasteiger partial charge is 0.322 e. The van der Waals surface area contributed by atoms with Gasteiger partial charge in [-0.05, 0) is 13.3 Å². The van der Waals surface area contributed by atoms with Crippen molar-refractivity contribution >= 4 is 11.9 Å². The molecule has 0 bridgehead atoms. The summed E-state index contributed by atoms with van der Waals surface area (Å²) < 4.78 is 5.65. The maximum absolute atomic E-state index is 11.7. The molecular weight excluding hydrogens is 196 g/mol. The molecule has 0 aromatic rings. The largest absolute Gasteiger partial charge is 0.375 e. The van der Waals surface area contributed by atoms with E-state index in [0.717, 1.165) is 6.42 Å². The number of rotatable bonds is 1. The highest BCUT2D eigenvalue weighted by Crippen LogP contribution is 2.35. The molecule has 0 aromatic carbocycles. The minimum atomic E-state index is -0.736. The summed E-state index contributed by atoms with van der Waals surface area (Å²) in [4.78, 5) is 22.9. The normalized spacial score (nSPS) is 40.4. The van der Waals surface area contributed by atoms with Gasteiger partial charge in [-0.15, -0.1) is 0 Å². The van der Waals surface area contributed by atoms with E-state index in [2.05, 4.69) is 10.6 Å². The Morgan fingerprint density at radius 1 is 1.47 bits per heavy atom. The highest BCUT2D eigenvalue weighted by atomic mass is 16.5. The average Bonchev–Trinajstić information content (AvgIpc) is 2.41. The first-order valence-electron chi connectivity index (χ1n) is 5.27. The molecule has 2 fully saturated rings. The number of urea groups is 1. The number of amides is 3. The molecule has 2 aliphatic heterocycles. The Hall–Kier alpha value is -1.10. The van der Waals surface area contributed by atoms with Crippen LogP contribution in [0.3, 0.4) is 0 Å². The first-order valence-corrected chi connectivity index (χ1v) is 5.27. The van der Waals surface area contributed by atoms with Gasteiger partial charge in [-0.3, -0.25) is 10.1 Å². The molecule has 1 spiro atoms. The SMILES string of the molecule is CCC1(C)CC2(CCO1)NC(=O)NC2=O. The maximum atomic E-state index is 11.7. The first kappa shape index (κ1) is 10.4. The molecule has 5 nitrogen and oxygen atoms in total. The monoisotopic (exact) mass is 212 g/mol. The summed E-state index contributed by atoms with van der Waals surface area (Å²) in [5, 5.41) is 5.02. The van der Waals surface area contributed by atoms with Crippen molar-refractivity contribution in [3.8, 4) is 0 Å². The average molecular weight is 212 g/mol. The van der Waals surface area contributed by atoms with E-state index < -0.39 is 5.54 Å². The van der Waals surface area contributed by atoms with Crippen molar-refractivity contribution in [2.45, 2.75) is 44.2 Å². The van der Waals surface area contributed by atoms with Crippen molar-refractivity contribution in [3.63, 3.8) is 0 Å². The molecule has 2 heterocycles. The zero-order valence-corrected chi connectivity index (χ0v) is 9.05. The van der Waals surface area contributed by atoms with E-state index in [1.807, 2.05) is 13.8 Å². The minimum absolute atomic E-state index is 0.213. The number of hydrogen-bond acceptors (Lipinski definition) is 3. The zero-order valence-electron chi connectivity index (χ0n) is 9.05. The molecule has 5 heteroatoms. The molecule has 2 saturated heterocycles. The molecule has 0 aromatic heterocycles. The van der Waals surface area contributed by atoms with Crippen LogP contribution in [0.15, 0.2) is 0 Å². The van der Waals surface area contributed by atoms with Crippen LogP contribution in [-0.4, -0.2) is 29.7 Å². The second kappa shape index (κ2) is 3.20. The van der Waals surface area contributed by atoms with E-state index >= 15 is 0 Å². The number of nitrogens with one attached hydrogen (secondary N) is 2. The third-order valence-corrected chi connectivity index (χ3v) is 3.42. The van der Waals surface area contributed by atoms with Gasteiger partial charge in [0, 0.05) is 12.8 Å². The molecule has 0 radical (unpaired) electrons. The molecule has 2 aliphatic rings. The predicted octanol–water partition coefficient (Wildman–Crippen LogP) is 0.544. The van der Waals surface area contributed by atoms with Gasteiger partial charge in [0.1, 0.15) is 5.54 Å². The molecule has 3 amide bonds. The number of ether oxygens (including phenoxy) is 1. The molecule has 84 valence electrons. The lowest BCUT2D eigenvalue weighted by molar-refractivity contribution is -0.138. The standard InChI is InChI=1S/C10H16N2O3/c1-3-9(2)6-10(4-5-15-9)7(13)11-8(14)12-10/h3-6H2,1-2H3,(H2,11,12,13,14). The first-order chi connectivity index (χ1) is 7.00. The second-order valence-electron chi connectivity index (χ2n) is 4.57. The fourth-order valence-electron chi connectivity index (χ4n) is 2.31. The van der Waals surface area contributed by atoms with Gasteiger partial charge in [0.05, 0.1) is 12.2 Å². The Labute approximate surface area is 88.5 Å². The van der Waals surface area contributed by atoms with Crippen LogP contribution >= 0.6 is 0 Å². The Morgan fingerprint density at radius 3 is 2.73 bits per heavy atom. The van der Waals surface area contributed by atoms with Crippen LogP contribution in [0.5, 0.6) is 0 Å². The number of carbonyl (C=O) groups excluding carboxylic acids is 2. The van der Waals surface area contributed by atoms with Gasteiger partial charge >= 0.3 is 6.03 Å². The molecule has 2 rings (SSSR count). The summed E-state index contributed by atoms with van der Waals surface area (Å²) in [6, 6.07) is -0.389. The summed E-state index contributed by atoms with van der Waals surface area (Å²) >= 11 is 0. The van der Waals surface area contributed by atoms with Gasteiger partial charge in [0.15, 0.2) is 0 Å². The molecule has 2 atom stereocenters. The van der Waals surface area contributed by atoms with Crippen molar-refractivity contribution < 1.29 is 14.3 Å². The van der Waals surface area contributed by atoms with Crippen LogP contribution in [0.4, 0.5) is 4.79 Å². The Balaban J connectivity index is 2.22. The van der Waals surface area contributed by atoms with Crippen LogP contribution in [0.2, 0.25) is 0 Å². The highest BCUT2D eigenvalue weighted by molar-refractivity contribution is 6.07. The molecule has 0 saturated carbocycles. The van der Waals surface area contributed by atoms with Crippen LogP contribution in [0.1, 0.15) is 33.1 Å². The topological polar surface area (TPSA) is 67.4 Å². The van der Waals surface area contributed by atoms with Crippen molar-refractivity contribution in [3.05, 3.63) is 0 Å². The zero-order chi connectivity index (χ0) is 11.1. The third kappa shape index (κ3) is 1.61. The minimum Gasteiger partial charge on any atom is -0.375 e. The van der Waals surface area contributed by atoms with Gasteiger partial charge in [-0.1, -0.05) is 6.92 Å². The third-order valence-electron chi connectivity index (χ3n) is 3.42. The van der Waals surface area contributed by atoms with E-state index in [1.54, 1.807) is 0 Å². The summed E-state index contributed by atoms with van der Waals surface area (Å²) in [5.41, 5.74) is -1.05. The molecular formula is C10H16N2O3. The lowest BCUT2D eigenvalue weighted by Gasteiger charge is -2.42. The van der Waals surface area contributed by atoms with Crippen LogP contribution < -0.4 is 10.6 Å². The van der Waals surface area contributed by atoms with Gasteiger partial charge in [0.2, 0.25) is 0 Å². The number of imide groups is 1. The summed E-state index contributed by atoms with van der Waals surface area (Å²) in [7, 11) is 0. The molecule has 2 unspecified atom stereocenters. The molecule has 0 aliphatic carbocycles. The molecule has 15 heavy (non-hydrogen) atoms. The van der Waals surface area contributed by atoms with Crippen molar-refractivity contribution in [1.82, 2.24) is 10.6 Å². The Morgan fingerprint density at radius 2 is 2.20 bits per heavy atom. The van der Waals surface area contributed by atoms with Crippen molar-refractivity contribution in [1.29, 1.82) is 0 Å². The van der Waals surface area contributed by atoms with E-state index in [0.29, 0.717) is 19.4 Å². The molecule has 2 N–H and O–H groups in total. The van der Waals surface area contributed by atoms with Crippen LogP contribution in [0.25, 0.3) is 0 Å². The van der Waals surface area contributed by atoms with Crippen molar-refractivity contribution in [2.75, 3.05) is 6.61 Å². The predicted molar refractivity (Wildman–Crippen MR) is 53.3 cm³/mol. The summed E-state index contributed by atoms with van der Waals surface area (Å²) in [6.07, 6.45) is 1.94. The number of carbonyl (C=O) groups is 2. The van der Waals surface area contributed by atoms with E-state index in [-0.39, 0.29) is 17.5 Å². The van der Waals surface area contributed by atoms with Crippen LogP contribution in [0, 0.1) is 0 Å². The maximum Gasteiger partial charge on any atom is 0.322 e. The van der Waals surface area contributed by atoms with Gasteiger partial charge < -0.3 is 10.1 Å². The fraction of sp³-hybridized carbons (Fsp3) is 0.800. The van der Waals surface area contributed by atoms with Crippen LogP contribution in [-0.2, 0) is 9.53 Å². The van der Waals surface area contributed by atoms with Crippen molar-refractivity contribution in [2.24, 2.45) is 0 Å². The Bertz CT molecular complexity index is 318. The summed E-state index contributed by atoms with van der Waals surface area (Å²) in [5.74, 6) is -0.213. The second-order valence-corrected chi connectivity index (χ2v) is 4.57. The van der Waals surface area contributed by atoms with E-state index in [4.69, 9.17) is 4.74 Å². The lowest BCUT2D eigenvalue weighted by atomic mass is 9.79. The summed E-state index contributed by atoms with van der Waals surface area (Å²) in [6.45, 7) is 4.51. The van der Waals surface area contributed by atoms with Gasteiger partial charge in [-0.2, -0.15) is 0 Å². The van der Waals surface area contributed by atoms with E-state index in [9.17, 15) is 9.59 Å². The van der Waals surface area contributed by atoms with Gasteiger partial charge in [-0.25, -0.2) is 4.79 Å². The Kier molecular flexibility index (Phi) is 2.22. The highest BCUT2D eigenvalue weighted by Gasteiger charge is 2.52. The lowest BCUT2D eigenvalue weighted by Crippen LogP contribution is -2.56. The quantitative estimate of drug-likeness (QED) is 0.623.